The van der Waals surface area contributed by atoms with Crippen LogP contribution in [0.15, 0.2) is 23.2 Å². The van der Waals surface area contributed by atoms with E-state index in [0.717, 1.165) is 37.0 Å². The minimum atomic E-state index is 0. The van der Waals surface area contributed by atoms with Crippen LogP contribution in [0, 0.1) is 0 Å². The Morgan fingerprint density at radius 1 is 1.19 bits per heavy atom. The minimum absolute atomic E-state index is 0. The number of benzene rings is 1. The summed E-state index contributed by atoms with van der Waals surface area (Å²) in [6.07, 6.45) is 0.864. The first-order valence-electron chi connectivity index (χ1n) is 6.78. The van der Waals surface area contributed by atoms with Gasteiger partial charge >= 0.3 is 0 Å². The lowest BCUT2D eigenvalue weighted by molar-refractivity contribution is 0.354. The second-order valence-electron chi connectivity index (χ2n) is 4.57. The Kier molecular flexibility index (Phi) is 9.94. The van der Waals surface area contributed by atoms with Gasteiger partial charge in [0.2, 0.25) is 0 Å². The molecule has 0 atom stereocenters. The van der Waals surface area contributed by atoms with Gasteiger partial charge in [0.05, 0.1) is 14.2 Å². The maximum atomic E-state index is 5.30. The highest BCUT2D eigenvalue weighted by Crippen LogP contribution is 2.27. The lowest BCUT2D eigenvalue weighted by Crippen LogP contribution is -2.36. The van der Waals surface area contributed by atoms with Crippen LogP contribution >= 0.6 is 24.0 Å². The summed E-state index contributed by atoms with van der Waals surface area (Å²) < 4.78 is 10.5. The van der Waals surface area contributed by atoms with E-state index in [4.69, 9.17) is 9.47 Å². The van der Waals surface area contributed by atoms with Crippen molar-refractivity contribution in [2.24, 2.45) is 4.99 Å². The summed E-state index contributed by atoms with van der Waals surface area (Å²) in [7, 11) is 7.26. The first-order chi connectivity index (χ1) is 9.62. The highest BCUT2D eigenvalue weighted by Gasteiger charge is 2.04. The topological polar surface area (TPSA) is 46.1 Å². The summed E-state index contributed by atoms with van der Waals surface area (Å²) >= 11 is 0. The number of ether oxygens (including phenoxy) is 2. The van der Waals surface area contributed by atoms with Crippen LogP contribution in [-0.2, 0) is 6.42 Å². The summed E-state index contributed by atoms with van der Waals surface area (Å²) in [4.78, 5) is 6.55. The van der Waals surface area contributed by atoms with Gasteiger partial charge in [0, 0.05) is 27.2 Å². The van der Waals surface area contributed by atoms with Gasteiger partial charge in [-0.1, -0.05) is 6.07 Å². The molecule has 5 nitrogen and oxygen atoms in total. The third-order valence-corrected chi connectivity index (χ3v) is 2.87. The molecule has 0 heterocycles. The van der Waals surface area contributed by atoms with Crippen LogP contribution in [-0.4, -0.2) is 52.3 Å². The lowest BCUT2D eigenvalue weighted by Gasteiger charge is -2.16. The molecule has 120 valence electrons. The van der Waals surface area contributed by atoms with Crippen LogP contribution < -0.4 is 14.8 Å². The maximum Gasteiger partial charge on any atom is 0.193 e. The van der Waals surface area contributed by atoms with Gasteiger partial charge in [-0.25, -0.2) is 0 Å². The molecule has 1 aromatic rings. The molecule has 0 aliphatic rings. The lowest BCUT2D eigenvalue weighted by atomic mass is 10.1. The quantitative estimate of drug-likeness (QED) is 0.447. The van der Waals surface area contributed by atoms with Crippen LogP contribution in [0.25, 0.3) is 0 Å². The largest absolute Gasteiger partial charge is 0.493 e. The molecular formula is C15H26IN3O2. The molecule has 0 unspecified atom stereocenters. The first kappa shape index (κ1) is 19.8. The third kappa shape index (κ3) is 6.41. The van der Waals surface area contributed by atoms with Crippen molar-refractivity contribution in [1.82, 2.24) is 10.2 Å². The van der Waals surface area contributed by atoms with Gasteiger partial charge in [-0.05, 0) is 31.0 Å². The first-order valence-corrected chi connectivity index (χ1v) is 6.78. The molecule has 0 aromatic heterocycles. The SMILES string of the molecule is CCNC(=NCCc1ccc(OC)c(OC)c1)N(C)C.I. The van der Waals surface area contributed by atoms with Gasteiger partial charge in [-0.15, -0.1) is 24.0 Å². The van der Waals surface area contributed by atoms with Crippen LogP contribution in [0.4, 0.5) is 0 Å². The van der Waals surface area contributed by atoms with Crippen molar-refractivity contribution in [3.8, 4) is 11.5 Å². The summed E-state index contributed by atoms with van der Waals surface area (Å²) in [5.41, 5.74) is 1.18. The molecule has 1 rings (SSSR count). The van der Waals surface area contributed by atoms with Gasteiger partial charge < -0.3 is 19.7 Å². The molecule has 0 aliphatic heterocycles. The van der Waals surface area contributed by atoms with Crippen molar-refractivity contribution in [3.05, 3.63) is 23.8 Å². The summed E-state index contributed by atoms with van der Waals surface area (Å²) in [6.45, 7) is 3.66. The average Bonchev–Trinajstić information content (AvgIpc) is 2.45. The molecule has 21 heavy (non-hydrogen) atoms. The van der Waals surface area contributed by atoms with Crippen molar-refractivity contribution < 1.29 is 9.47 Å². The van der Waals surface area contributed by atoms with E-state index in [0.29, 0.717) is 0 Å². The van der Waals surface area contributed by atoms with Crippen molar-refractivity contribution >= 4 is 29.9 Å². The van der Waals surface area contributed by atoms with Crippen LogP contribution in [0.2, 0.25) is 0 Å². The Morgan fingerprint density at radius 3 is 2.38 bits per heavy atom. The molecule has 0 aliphatic carbocycles. The maximum absolute atomic E-state index is 5.30. The summed E-state index contributed by atoms with van der Waals surface area (Å²) in [5, 5.41) is 3.24. The van der Waals surface area contributed by atoms with Crippen molar-refractivity contribution in [2.75, 3.05) is 41.4 Å². The Labute approximate surface area is 144 Å². The molecule has 0 radical (unpaired) electrons. The zero-order chi connectivity index (χ0) is 15.0. The van der Waals surface area contributed by atoms with E-state index in [1.807, 2.05) is 37.2 Å². The molecule has 0 saturated heterocycles. The number of guanidine groups is 1. The average molecular weight is 407 g/mol. The van der Waals surface area contributed by atoms with Gasteiger partial charge in [-0.3, -0.25) is 4.99 Å². The van der Waals surface area contributed by atoms with E-state index in [1.54, 1.807) is 14.2 Å². The van der Waals surface area contributed by atoms with E-state index in [9.17, 15) is 0 Å². The van der Waals surface area contributed by atoms with E-state index in [2.05, 4.69) is 17.2 Å². The highest BCUT2D eigenvalue weighted by molar-refractivity contribution is 14.0. The van der Waals surface area contributed by atoms with Crippen molar-refractivity contribution in [3.63, 3.8) is 0 Å². The Morgan fingerprint density at radius 2 is 1.86 bits per heavy atom. The molecule has 1 aromatic carbocycles. The van der Waals surface area contributed by atoms with Gasteiger partial charge in [0.15, 0.2) is 17.5 Å². The standard InChI is InChI=1S/C15H25N3O2.HI/c1-6-16-15(18(2)3)17-10-9-12-7-8-13(19-4)14(11-12)20-5;/h7-8,11H,6,9-10H2,1-5H3,(H,16,17);1H. The van der Waals surface area contributed by atoms with Crippen LogP contribution in [0.5, 0.6) is 11.5 Å². The number of methoxy groups -OCH3 is 2. The number of hydrogen-bond donors (Lipinski definition) is 1. The second kappa shape index (κ2) is 10.5. The van der Waals surface area contributed by atoms with Gasteiger partial charge in [0.25, 0.3) is 0 Å². The van der Waals surface area contributed by atoms with Crippen molar-refractivity contribution in [1.29, 1.82) is 0 Å². The Hall–Kier alpha value is -1.18. The predicted octanol–water partition coefficient (Wildman–Crippen LogP) is 2.39. The zero-order valence-electron chi connectivity index (χ0n) is 13.5. The second-order valence-corrected chi connectivity index (χ2v) is 4.57. The number of hydrogen-bond acceptors (Lipinski definition) is 3. The number of nitrogens with one attached hydrogen (secondary N) is 1. The van der Waals surface area contributed by atoms with E-state index >= 15 is 0 Å². The van der Waals surface area contributed by atoms with E-state index in [-0.39, 0.29) is 24.0 Å². The highest BCUT2D eigenvalue weighted by atomic mass is 127. The van der Waals surface area contributed by atoms with Crippen LogP contribution in [0.1, 0.15) is 12.5 Å². The van der Waals surface area contributed by atoms with E-state index in [1.165, 1.54) is 5.56 Å². The van der Waals surface area contributed by atoms with Gasteiger partial charge in [0.1, 0.15) is 0 Å². The Bertz CT molecular complexity index is 451. The number of rotatable bonds is 6. The predicted molar refractivity (Wildman–Crippen MR) is 98.3 cm³/mol. The molecule has 6 heteroatoms. The molecule has 0 fully saturated rings. The fraction of sp³-hybridized carbons (Fsp3) is 0.533. The number of nitrogens with zero attached hydrogens (tertiary/aromatic N) is 2. The molecule has 0 bridgehead atoms. The Balaban J connectivity index is 0.00000400. The minimum Gasteiger partial charge on any atom is -0.493 e. The smallest absolute Gasteiger partial charge is 0.193 e. The fourth-order valence-electron chi connectivity index (χ4n) is 1.84. The fourth-order valence-corrected chi connectivity index (χ4v) is 1.84. The number of aliphatic imine (C=N–C) groups is 1. The summed E-state index contributed by atoms with van der Waals surface area (Å²) in [5.74, 6) is 2.42. The molecular weight excluding hydrogens is 381 g/mol. The molecule has 0 amide bonds. The third-order valence-electron chi connectivity index (χ3n) is 2.87. The molecule has 0 spiro atoms. The molecule has 0 saturated carbocycles. The van der Waals surface area contributed by atoms with Crippen LogP contribution in [0.3, 0.4) is 0 Å². The monoisotopic (exact) mass is 407 g/mol. The molecule has 1 N–H and O–H groups in total. The zero-order valence-corrected chi connectivity index (χ0v) is 15.8. The van der Waals surface area contributed by atoms with Gasteiger partial charge in [-0.2, -0.15) is 0 Å². The number of halogens is 1. The summed E-state index contributed by atoms with van der Waals surface area (Å²) in [6, 6.07) is 5.96. The normalized spacial score (nSPS) is 10.6. The van der Waals surface area contributed by atoms with Crippen molar-refractivity contribution in [2.45, 2.75) is 13.3 Å². The van der Waals surface area contributed by atoms with E-state index < -0.39 is 0 Å².